The van der Waals surface area contributed by atoms with Crippen molar-refractivity contribution in [3.63, 3.8) is 0 Å². The van der Waals surface area contributed by atoms with E-state index in [1.54, 1.807) is 0 Å². The lowest BCUT2D eigenvalue weighted by molar-refractivity contribution is 0.962. The number of fused-ring (bicyclic) bond motifs is 11. The first-order chi connectivity index (χ1) is 22.1. The van der Waals surface area contributed by atoms with E-state index in [1.165, 1.54) is 53.9 Å². The molecule has 0 saturated heterocycles. The highest BCUT2D eigenvalue weighted by Gasteiger charge is 2.43. The van der Waals surface area contributed by atoms with Crippen molar-refractivity contribution in [1.82, 2.24) is 19.1 Å². The van der Waals surface area contributed by atoms with Crippen molar-refractivity contribution in [3.8, 4) is 22.9 Å². The first kappa shape index (κ1) is 24.9. The van der Waals surface area contributed by atoms with Gasteiger partial charge in [-0.3, -0.25) is 9.13 Å². The molecule has 0 fully saturated rings. The minimum Gasteiger partial charge on any atom is -0.293 e. The van der Waals surface area contributed by atoms with E-state index in [4.69, 9.17) is 9.97 Å². The van der Waals surface area contributed by atoms with Gasteiger partial charge in [-0.2, -0.15) is 4.98 Å². The van der Waals surface area contributed by atoms with Gasteiger partial charge in [0.15, 0.2) is 5.82 Å². The summed E-state index contributed by atoms with van der Waals surface area (Å²) in [5.41, 5.74) is 6.98. The van der Waals surface area contributed by atoms with Crippen LogP contribution < -0.4 is 10.5 Å². The zero-order valence-corrected chi connectivity index (χ0v) is 26.0. The Morgan fingerprint density at radius 2 is 0.933 bits per heavy atom. The first-order valence-electron chi connectivity index (χ1n) is 15.5. The van der Waals surface area contributed by atoms with Crippen molar-refractivity contribution in [2.24, 2.45) is 0 Å². The lowest BCUT2D eigenvalue weighted by Gasteiger charge is -2.21. The topological polar surface area (TPSA) is 35.6 Å². The molecule has 10 rings (SSSR count). The third-order valence-corrected chi connectivity index (χ3v) is 13.2. The van der Waals surface area contributed by atoms with Gasteiger partial charge in [-0.1, -0.05) is 122 Å². The van der Waals surface area contributed by atoms with Crippen LogP contribution in [0.25, 0.3) is 77.3 Å². The Labute approximate surface area is 260 Å². The van der Waals surface area contributed by atoms with Crippen LogP contribution in [0.3, 0.4) is 0 Å². The maximum atomic E-state index is 5.61. The van der Waals surface area contributed by atoms with Gasteiger partial charge in [0.25, 0.3) is 0 Å². The van der Waals surface area contributed by atoms with Crippen LogP contribution in [-0.4, -0.2) is 27.2 Å². The highest BCUT2D eigenvalue weighted by atomic mass is 28.3. The van der Waals surface area contributed by atoms with E-state index in [-0.39, 0.29) is 0 Å². The molecule has 0 saturated carbocycles. The van der Waals surface area contributed by atoms with Crippen molar-refractivity contribution >= 4 is 73.0 Å². The quantitative estimate of drug-likeness (QED) is 0.188. The van der Waals surface area contributed by atoms with Crippen LogP contribution in [0.4, 0.5) is 0 Å². The molecule has 9 aromatic rings. The Bertz CT molecular complexity index is 2590. The van der Waals surface area contributed by atoms with E-state index in [1.807, 2.05) is 0 Å². The number of benzene rings is 6. The summed E-state index contributed by atoms with van der Waals surface area (Å²) in [7, 11) is -2.28. The van der Waals surface area contributed by atoms with Crippen molar-refractivity contribution in [3.05, 3.63) is 133 Å². The maximum absolute atomic E-state index is 5.61. The summed E-state index contributed by atoms with van der Waals surface area (Å²) >= 11 is 0. The second-order valence-corrected chi connectivity index (χ2v) is 16.9. The van der Waals surface area contributed by atoms with Gasteiger partial charge < -0.3 is 0 Å². The second-order valence-electron chi connectivity index (χ2n) is 12.6. The summed E-state index contributed by atoms with van der Waals surface area (Å²) in [4.78, 5) is 11.2. The summed E-state index contributed by atoms with van der Waals surface area (Å²) in [5.74, 6) is 1.67. The molecule has 0 amide bonds. The van der Waals surface area contributed by atoms with E-state index in [0.29, 0.717) is 0 Å². The standard InChI is InChI=1S/C40H28N4Si/c1-45(2)37-26-14-4-3-13-25(26)23-24-31(37)36-38(43-32-19-9-5-15-27(32)28-16-6-10-20-33(28)43)41-40(42-39(36)45)44-34-21-11-7-17-29(34)30-18-8-12-22-35(30)44/h3-24H,1-2H3. The fourth-order valence-electron chi connectivity index (χ4n) is 7.96. The van der Waals surface area contributed by atoms with Gasteiger partial charge in [-0.15, -0.1) is 0 Å². The summed E-state index contributed by atoms with van der Waals surface area (Å²) < 4.78 is 4.66. The van der Waals surface area contributed by atoms with Crippen LogP contribution in [0.2, 0.25) is 13.1 Å². The molecule has 6 aromatic carbocycles. The van der Waals surface area contributed by atoms with Crippen LogP contribution in [-0.2, 0) is 0 Å². The van der Waals surface area contributed by atoms with Gasteiger partial charge in [-0.25, -0.2) is 4.98 Å². The predicted molar refractivity (Wildman–Crippen MR) is 190 cm³/mol. The van der Waals surface area contributed by atoms with Crippen LogP contribution in [0, 0.1) is 0 Å². The molecule has 0 atom stereocenters. The molecule has 45 heavy (non-hydrogen) atoms. The van der Waals surface area contributed by atoms with E-state index in [0.717, 1.165) is 33.8 Å². The van der Waals surface area contributed by atoms with Gasteiger partial charge in [0, 0.05) is 32.4 Å². The van der Waals surface area contributed by atoms with Crippen molar-refractivity contribution in [2.45, 2.75) is 13.1 Å². The molecule has 212 valence electrons. The second kappa shape index (κ2) is 8.77. The minimum absolute atomic E-state index is 0.723. The number of aromatic nitrogens is 4. The Morgan fingerprint density at radius 3 is 1.49 bits per heavy atom. The molecule has 1 aliphatic rings. The average Bonchev–Trinajstić information content (AvgIpc) is 3.68. The molecular formula is C40H28N4Si. The Kier molecular flexibility index (Phi) is 4.85. The zero-order valence-electron chi connectivity index (χ0n) is 25.0. The molecule has 3 aromatic heterocycles. The Balaban J connectivity index is 1.41. The fourth-order valence-corrected chi connectivity index (χ4v) is 11.2. The van der Waals surface area contributed by atoms with Crippen molar-refractivity contribution in [2.75, 3.05) is 0 Å². The molecule has 0 spiro atoms. The molecule has 0 bridgehead atoms. The van der Waals surface area contributed by atoms with Gasteiger partial charge >= 0.3 is 0 Å². The average molecular weight is 593 g/mol. The van der Waals surface area contributed by atoms with E-state index < -0.39 is 8.07 Å². The van der Waals surface area contributed by atoms with Gasteiger partial charge in [0.05, 0.1) is 22.1 Å². The summed E-state index contributed by atoms with van der Waals surface area (Å²) in [5, 5.41) is 10.1. The van der Waals surface area contributed by atoms with Gasteiger partial charge in [-0.05, 0) is 45.8 Å². The number of para-hydroxylation sites is 4. The molecule has 0 radical (unpaired) electrons. The molecular weight excluding hydrogens is 565 g/mol. The number of nitrogens with zero attached hydrogens (tertiary/aromatic N) is 4. The van der Waals surface area contributed by atoms with Gasteiger partial charge in [0.1, 0.15) is 8.07 Å². The lowest BCUT2D eigenvalue weighted by atomic mass is 10.0. The van der Waals surface area contributed by atoms with E-state index in [9.17, 15) is 0 Å². The molecule has 1 aliphatic heterocycles. The van der Waals surface area contributed by atoms with Crippen LogP contribution in [0.15, 0.2) is 133 Å². The third-order valence-electron chi connectivity index (χ3n) is 9.87. The highest BCUT2D eigenvalue weighted by Crippen LogP contribution is 2.40. The van der Waals surface area contributed by atoms with Crippen LogP contribution in [0.5, 0.6) is 0 Å². The third kappa shape index (κ3) is 3.20. The molecule has 4 heterocycles. The zero-order chi connectivity index (χ0) is 29.9. The van der Waals surface area contributed by atoms with E-state index >= 15 is 0 Å². The van der Waals surface area contributed by atoms with E-state index in [2.05, 4.69) is 156 Å². The monoisotopic (exact) mass is 592 g/mol. The molecule has 0 aliphatic carbocycles. The number of hydrogen-bond donors (Lipinski definition) is 0. The Hall–Kier alpha value is -5.52. The largest absolute Gasteiger partial charge is 0.293 e. The highest BCUT2D eigenvalue weighted by molar-refractivity contribution is 7.04. The Morgan fingerprint density at radius 1 is 0.467 bits per heavy atom. The SMILES string of the molecule is C[Si]1(C)c2nc(-n3c4ccccc4c4ccccc43)nc(-n3c4ccccc4c4ccccc43)c2-c2ccc3ccccc3c21. The number of rotatable bonds is 2. The van der Waals surface area contributed by atoms with Crippen LogP contribution >= 0.6 is 0 Å². The number of hydrogen-bond acceptors (Lipinski definition) is 2. The van der Waals surface area contributed by atoms with Gasteiger partial charge in [0.2, 0.25) is 5.95 Å². The maximum Gasteiger partial charge on any atom is 0.236 e. The van der Waals surface area contributed by atoms with Crippen LogP contribution in [0.1, 0.15) is 0 Å². The smallest absolute Gasteiger partial charge is 0.236 e. The molecule has 4 nitrogen and oxygen atoms in total. The molecule has 5 heteroatoms. The summed E-state index contributed by atoms with van der Waals surface area (Å²) in [6.45, 7) is 4.92. The predicted octanol–water partition coefficient (Wildman–Crippen LogP) is 8.63. The molecule has 0 N–H and O–H groups in total. The fraction of sp³-hybridized carbons (Fsp3) is 0.0500. The van der Waals surface area contributed by atoms with Crippen molar-refractivity contribution in [1.29, 1.82) is 0 Å². The normalized spacial score (nSPS) is 13.7. The molecule has 0 unspecified atom stereocenters. The summed E-state index contributed by atoms with van der Waals surface area (Å²) in [6, 6.07) is 48.1. The lowest BCUT2D eigenvalue weighted by Crippen LogP contribution is -2.51. The first-order valence-corrected chi connectivity index (χ1v) is 18.5. The summed E-state index contributed by atoms with van der Waals surface area (Å²) in [6.07, 6.45) is 0. The minimum atomic E-state index is -2.28. The van der Waals surface area contributed by atoms with Crippen molar-refractivity contribution < 1.29 is 0 Å².